The van der Waals surface area contributed by atoms with Crippen molar-refractivity contribution in [2.24, 2.45) is 0 Å². The van der Waals surface area contributed by atoms with Crippen LogP contribution in [0, 0.1) is 0 Å². The van der Waals surface area contributed by atoms with Crippen LogP contribution in [0.25, 0.3) is 0 Å². The van der Waals surface area contributed by atoms with Crippen LogP contribution in [0.5, 0.6) is 0 Å². The largest absolute Gasteiger partial charge is 0.394 e. The second kappa shape index (κ2) is 7.24. The predicted octanol–water partition coefficient (Wildman–Crippen LogP) is -2.41. The Bertz CT molecular complexity index is 303. The van der Waals surface area contributed by atoms with E-state index in [0.717, 1.165) is 26.2 Å². The average molecular weight is 268 g/mol. The zero-order chi connectivity index (χ0) is 12.7. The molecule has 102 valence electrons. The van der Waals surface area contributed by atoms with Crippen LogP contribution in [0.4, 0.5) is 0 Å². The second-order valence-corrected chi connectivity index (χ2v) is 5.66. The Hall–Kier alpha value is -0.250. The minimum Gasteiger partial charge on any atom is -0.394 e. The number of β-amino-alcohol motifs (C(OH)–C–C–N with tert-alkyl or cyclic N) is 1. The Balaban J connectivity index is 2.29. The van der Waals surface area contributed by atoms with Gasteiger partial charge in [-0.1, -0.05) is 0 Å². The van der Waals surface area contributed by atoms with Gasteiger partial charge in [-0.3, -0.25) is 9.08 Å². The van der Waals surface area contributed by atoms with Crippen LogP contribution in [0.1, 0.15) is 0 Å². The number of nitrogens with one attached hydrogen (secondary N) is 1. The van der Waals surface area contributed by atoms with Crippen molar-refractivity contribution >= 4 is 10.1 Å². The summed E-state index contributed by atoms with van der Waals surface area (Å²) < 4.78 is 27.1. The molecule has 0 saturated carbocycles. The maximum atomic E-state index is 11.3. The normalized spacial score (nSPS) is 20.4. The van der Waals surface area contributed by atoms with E-state index >= 15 is 0 Å². The number of aliphatic hydroxyl groups is 2. The summed E-state index contributed by atoms with van der Waals surface area (Å²) >= 11 is 0. The molecule has 0 amide bonds. The molecule has 0 spiro atoms. The van der Waals surface area contributed by atoms with E-state index in [4.69, 9.17) is 5.11 Å². The predicted molar refractivity (Wildman–Crippen MR) is 62.1 cm³/mol. The third kappa shape index (κ3) is 6.29. The number of hydrogen-bond donors (Lipinski definition) is 3. The third-order valence-electron chi connectivity index (χ3n) is 2.43. The molecule has 0 aliphatic carbocycles. The summed E-state index contributed by atoms with van der Waals surface area (Å²) in [5.74, 6) is -0.434. The molecule has 1 fully saturated rings. The summed E-state index contributed by atoms with van der Waals surface area (Å²) in [6, 6.07) is 0. The highest BCUT2D eigenvalue weighted by Gasteiger charge is 2.21. The van der Waals surface area contributed by atoms with Crippen LogP contribution < -0.4 is 5.32 Å². The monoisotopic (exact) mass is 268 g/mol. The zero-order valence-corrected chi connectivity index (χ0v) is 10.5. The van der Waals surface area contributed by atoms with Crippen LogP contribution in [-0.2, 0) is 14.3 Å². The van der Waals surface area contributed by atoms with Crippen molar-refractivity contribution < 1.29 is 22.8 Å². The Labute approximate surface area is 101 Å². The number of aliphatic hydroxyl groups excluding tert-OH is 2. The molecule has 1 heterocycles. The van der Waals surface area contributed by atoms with Crippen molar-refractivity contribution in [2.75, 3.05) is 51.7 Å². The highest BCUT2D eigenvalue weighted by Crippen LogP contribution is 2.01. The molecule has 3 N–H and O–H groups in total. The van der Waals surface area contributed by atoms with Gasteiger partial charge in [-0.15, -0.1) is 0 Å². The fourth-order valence-electron chi connectivity index (χ4n) is 1.69. The van der Waals surface area contributed by atoms with Gasteiger partial charge in [-0.25, -0.2) is 0 Å². The van der Waals surface area contributed by atoms with Gasteiger partial charge in [-0.05, 0) is 0 Å². The molecular formula is C9H20N2O5S. The van der Waals surface area contributed by atoms with Crippen molar-refractivity contribution in [3.05, 3.63) is 0 Å². The summed E-state index contributed by atoms with van der Waals surface area (Å²) in [7, 11) is -3.75. The van der Waals surface area contributed by atoms with Crippen molar-refractivity contribution in [1.82, 2.24) is 10.2 Å². The molecule has 7 nitrogen and oxygen atoms in total. The maximum absolute atomic E-state index is 11.3. The van der Waals surface area contributed by atoms with Gasteiger partial charge in [0.2, 0.25) is 0 Å². The fraction of sp³-hybridized carbons (Fsp3) is 1.00. The summed E-state index contributed by atoms with van der Waals surface area (Å²) in [6.45, 7) is 3.00. The number of hydrogen-bond acceptors (Lipinski definition) is 7. The summed E-state index contributed by atoms with van der Waals surface area (Å²) in [6.07, 6.45) is -0.961. The first kappa shape index (κ1) is 14.8. The lowest BCUT2D eigenvalue weighted by molar-refractivity contribution is 0.117. The minimum absolute atomic E-state index is 0.261. The molecule has 0 bridgehead atoms. The van der Waals surface area contributed by atoms with Gasteiger partial charge in [0.25, 0.3) is 10.1 Å². The van der Waals surface area contributed by atoms with Crippen molar-refractivity contribution in [2.45, 2.75) is 6.10 Å². The lowest BCUT2D eigenvalue weighted by Gasteiger charge is -2.28. The fourth-order valence-corrected chi connectivity index (χ4v) is 2.69. The smallest absolute Gasteiger partial charge is 0.270 e. The third-order valence-corrected chi connectivity index (χ3v) is 3.75. The first-order valence-electron chi connectivity index (χ1n) is 5.62. The molecule has 1 aliphatic heterocycles. The Morgan fingerprint density at radius 2 is 2.00 bits per heavy atom. The Morgan fingerprint density at radius 3 is 2.59 bits per heavy atom. The highest BCUT2D eigenvalue weighted by molar-refractivity contribution is 7.86. The molecule has 0 aromatic rings. The molecule has 0 radical (unpaired) electrons. The zero-order valence-electron chi connectivity index (χ0n) is 9.71. The summed E-state index contributed by atoms with van der Waals surface area (Å²) in [5.41, 5.74) is 0. The average Bonchev–Trinajstić information content (AvgIpc) is 2.27. The molecule has 17 heavy (non-hydrogen) atoms. The molecule has 0 aromatic carbocycles. The molecule has 1 aliphatic rings. The lowest BCUT2D eigenvalue weighted by Crippen LogP contribution is -2.47. The number of nitrogens with zero attached hydrogens (tertiary/aromatic N) is 1. The van der Waals surface area contributed by atoms with Crippen molar-refractivity contribution in [1.29, 1.82) is 0 Å². The van der Waals surface area contributed by atoms with Crippen molar-refractivity contribution in [3.63, 3.8) is 0 Å². The molecule has 8 heteroatoms. The molecule has 1 atom stereocenters. The molecule has 1 unspecified atom stereocenters. The molecule has 1 saturated heterocycles. The van der Waals surface area contributed by atoms with Crippen molar-refractivity contribution in [3.8, 4) is 0 Å². The first-order valence-corrected chi connectivity index (χ1v) is 7.20. The Kier molecular flexibility index (Phi) is 6.31. The lowest BCUT2D eigenvalue weighted by atomic mass is 10.3. The van der Waals surface area contributed by atoms with Gasteiger partial charge >= 0.3 is 0 Å². The topological polar surface area (TPSA) is 99.1 Å². The second-order valence-electron chi connectivity index (χ2n) is 3.97. The quantitative estimate of drug-likeness (QED) is 0.442. The van der Waals surface area contributed by atoms with Crippen LogP contribution in [0.2, 0.25) is 0 Å². The van der Waals surface area contributed by atoms with Gasteiger partial charge in [0, 0.05) is 32.7 Å². The van der Waals surface area contributed by atoms with E-state index in [2.05, 4.69) is 9.50 Å². The SMILES string of the molecule is O=S(=O)(CC(O)CN1CCNCC1)OCCO. The van der Waals surface area contributed by atoms with E-state index in [0.29, 0.717) is 6.54 Å². The molecule has 0 aromatic heterocycles. The summed E-state index contributed by atoms with van der Waals surface area (Å²) in [4.78, 5) is 2.00. The highest BCUT2D eigenvalue weighted by atomic mass is 32.2. The van der Waals surface area contributed by atoms with Gasteiger partial charge in [0.15, 0.2) is 0 Å². The van der Waals surface area contributed by atoms with Crippen LogP contribution in [0.15, 0.2) is 0 Å². The van der Waals surface area contributed by atoms with Gasteiger partial charge in [-0.2, -0.15) is 8.42 Å². The standard InChI is InChI=1S/C9H20N2O5S/c12-5-6-16-17(14,15)8-9(13)7-11-3-1-10-2-4-11/h9-10,12-13H,1-8H2. The van der Waals surface area contributed by atoms with Crippen LogP contribution in [0.3, 0.4) is 0 Å². The van der Waals surface area contributed by atoms with E-state index in [9.17, 15) is 13.5 Å². The first-order chi connectivity index (χ1) is 8.03. The number of piperazine rings is 1. The van der Waals surface area contributed by atoms with E-state index in [-0.39, 0.29) is 13.2 Å². The van der Waals surface area contributed by atoms with E-state index in [1.807, 2.05) is 4.90 Å². The Morgan fingerprint density at radius 1 is 1.35 bits per heavy atom. The van der Waals surface area contributed by atoms with Gasteiger partial charge < -0.3 is 15.5 Å². The van der Waals surface area contributed by atoms with E-state index < -0.39 is 22.0 Å². The maximum Gasteiger partial charge on any atom is 0.270 e. The molecule has 1 rings (SSSR count). The van der Waals surface area contributed by atoms with E-state index in [1.165, 1.54) is 0 Å². The van der Waals surface area contributed by atoms with Crippen LogP contribution in [-0.4, -0.2) is 81.3 Å². The molecular weight excluding hydrogens is 248 g/mol. The van der Waals surface area contributed by atoms with Crippen LogP contribution >= 0.6 is 0 Å². The van der Waals surface area contributed by atoms with Gasteiger partial charge in [0.05, 0.1) is 19.3 Å². The number of rotatable bonds is 7. The van der Waals surface area contributed by atoms with E-state index in [1.54, 1.807) is 0 Å². The summed E-state index contributed by atoms with van der Waals surface area (Å²) in [5, 5.41) is 21.3. The van der Waals surface area contributed by atoms with Gasteiger partial charge in [0.1, 0.15) is 5.75 Å². The minimum atomic E-state index is -3.75.